The number of aliphatic hydroxyl groups excluding tert-OH is 1. The molecule has 0 saturated heterocycles. The van der Waals surface area contributed by atoms with E-state index in [0.717, 1.165) is 0 Å². The highest BCUT2D eigenvalue weighted by atomic mass is 16.4. The maximum atomic E-state index is 13.8. The molecule has 312 valence electrons. The van der Waals surface area contributed by atoms with E-state index in [1.165, 1.54) is 32.9 Å². The second kappa shape index (κ2) is 21.9. The van der Waals surface area contributed by atoms with Crippen molar-refractivity contribution in [3.63, 3.8) is 0 Å². The molecule has 0 aliphatic rings. The van der Waals surface area contributed by atoms with Crippen LogP contribution in [0.25, 0.3) is 0 Å². The Labute approximate surface area is 330 Å². The summed E-state index contributed by atoms with van der Waals surface area (Å²) in [5.41, 5.74) is 10.4. The van der Waals surface area contributed by atoms with Crippen molar-refractivity contribution in [2.45, 2.75) is 89.6 Å². The predicted molar refractivity (Wildman–Crippen MR) is 205 cm³/mol. The van der Waals surface area contributed by atoms with Gasteiger partial charge in [-0.2, -0.15) is 0 Å². The highest BCUT2D eigenvalue weighted by molar-refractivity contribution is 5.99. The summed E-state index contributed by atoms with van der Waals surface area (Å²) in [7, 11) is 0. The fourth-order valence-electron chi connectivity index (χ4n) is 5.55. The van der Waals surface area contributed by atoms with Crippen molar-refractivity contribution < 1.29 is 53.7 Å². The molecular weight excluding hydrogens is 744 g/mol. The third-order valence-corrected chi connectivity index (χ3v) is 9.06. The van der Waals surface area contributed by atoms with E-state index in [4.69, 9.17) is 11.5 Å². The van der Waals surface area contributed by atoms with Crippen molar-refractivity contribution in [2.24, 2.45) is 23.3 Å². The van der Waals surface area contributed by atoms with Gasteiger partial charge in [0.25, 0.3) is 0 Å². The van der Waals surface area contributed by atoms with Gasteiger partial charge in [-0.25, -0.2) is 0 Å². The highest BCUT2D eigenvalue weighted by Crippen LogP contribution is 2.19. The summed E-state index contributed by atoms with van der Waals surface area (Å²) >= 11 is 0. The Morgan fingerprint density at radius 3 is 1.79 bits per heavy atom. The van der Waals surface area contributed by atoms with Gasteiger partial charge in [-0.3, -0.25) is 38.4 Å². The highest BCUT2D eigenvalue weighted by Gasteiger charge is 2.44. The molecule has 0 aliphatic heterocycles. The Balaban J connectivity index is 2.29. The molecular formula is C38H54N8O11. The maximum absolute atomic E-state index is 13.8. The van der Waals surface area contributed by atoms with Gasteiger partial charge in [0.1, 0.15) is 35.5 Å². The first-order valence-corrected chi connectivity index (χ1v) is 18.2. The Kier molecular flexibility index (Phi) is 18.1. The lowest BCUT2D eigenvalue weighted by Gasteiger charge is -2.37. The summed E-state index contributed by atoms with van der Waals surface area (Å²) in [6.07, 6.45) is -0.963. The molecule has 57 heavy (non-hydrogen) atoms. The summed E-state index contributed by atoms with van der Waals surface area (Å²) in [5.74, 6) is -9.14. The zero-order valence-electron chi connectivity index (χ0n) is 32.5. The van der Waals surface area contributed by atoms with E-state index >= 15 is 0 Å². The molecule has 0 spiro atoms. The second-order valence-electron chi connectivity index (χ2n) is 14.3. The number of nitrogens with two attached hydrogens (primary N) is 2. The Morgan fingerprint density at radius 2 is 1.26 bits per heavy atom. The Morgan fingerprint density at radius 1 is 0.702 bits per heavy atom. The molecule has 0 unspecified atom stereocenters. The number of aliphatic hydroxyl groups is 1. The molecule has 7 amide bonds. The SMILES string of the molecule is CC(C)[C@H](NC(=O)[C@H](CC(=O)O)NC(=O)[C@H](Cc1ccccc1)NC(=O)[C@@H](C)NC(=O)[C@@H](N)Cc1ccc(O)cc1)C(=O)N[C@@](CO)(C(=O)NCC(N)=O)C(C)C. The minimum Gasteiger partial charge on any atom is -0.508 e. The number of rotatable bonds is 22. The van der Waals surface area contributed by atoms with Crippen LogP contribution in [0.5, 0.6) is 5.75 Å². The van der Waals surface area contributed by atoms with Gasteiger partial charge in [-0.05, 0) is 48.4 Å². The standard InChI is InChI=1S/C38H54N8O11/c1-20(2)31(36(56)46-38(19-47,21(3)4)37(57)41-18-29(40)49)45-35(55)28(17-30(50)51)44-34(54)27(16-23-9-7-6-8-10-23)43-32(52)22(5)42-33(53)26(39)15-24-11-13-25(48)14-12-24/h6-14,20-22,26-28,31,47-48H,15-19,39H2,1-5H3,(H2,40,49)(H,41,57)(H,42,53)(H,43,52)(H,44,54)(H,45,55)(H,46,56)(H,50,51)/t22-,26+,27+,28+,31+,38-/m1/s1. The van der Waals surface area contributed by atoms with Gasteiger partial charge < -0.3 is 58.7 Å². The zero-order valence-corrected chi connectivity index (χ0v) is 32.5. The molecule has 13 N–H and O–H groups in total. The number of benzene rings is 2. The quantitative estimate of drug-likeness (QED) is 0.0599. The molecule has 19 nitrogen and oxygen atoms in total. The van der Waals surface area contributed by atoms with Crippen LogP contribution in [0.4, 0.5) is 0 Å². The number of phenolic OH excluding ortho intramolecular Hbond substituents is 1. The molecule has 2 aromatic rings. The summed E-state index contributed by atoms with van der Waals surface area (Å²) in [4.78, 5) is 103. The molecule has 0 aromatic heterocycles. The van der Waals surface area contributed by atoms with Crippen molar-refractivity contribution in [1.82, 2.24) is 31.9 Å². The molecule has 19 heteroatoms. The van der Waals surface area contributed by atoms with Gasteiger partial charge in [0, 0.05) is 6.42 Å². The van der Waals surface area contributed by atoms with Gasteiger partial charge in [0.2, 0.25) is 41.4 Å². The van der Waals surface area contributed by atoms with Crippen LogP contribution in [0.3, 0.4) is 0 Å². The van der Waals surface area contributed by atoms with Gasteiger partial charge in [0.15, 0.2) is 0 Å². The first-order valence-electron chi connectivity index (χ1n) is 18.2. The van der Waals surface area contributed by atoms with E-state index in [-0.39, 0.29) is 18.6 Å². The van der Waals surface area contributed by atoms with E-state index in [2.05, 4.69) is 31.9 Å². The number of phenols is 1. The summed E-state index contributed by atoms with van der Waals surface area (Å²) in [6.45, 7) is 6.02. The van der Waals surface area contributed by atoms with Crippen LogP contribution < -0.4 is 43.4 Å². The molecule has 2 rings (SSSR count). The summed E-state index contributed by atoms with van der Waals surface area (Å²) in [5, 5.41) is 44.0. The third-order valence-electron chi connectivity index (χ3n) is 9.06. The number of aliphatic carboxylic acids is 1. The van der Waals surface area contributed by atoms with E-state index < -0.39 is 114 Å². The van der Waals surface area contributed by atoms with Crippen molar-refractivity contribution >= 4 is 47.3 Å². The minimum atomic E-state index is -1.96. The van der Waals surface area contributed by atoms with E-state index in [9.17, 15) is 53.7 Å². The monoisotopic (exact) mass is 798 g/mol. The smallest absolute Gasteiger partial charge is 0.305 e. The molecule has 0 radical (unpaired) electrons. The van der Waals surface area contributed by atoms with E-state index in [1.54, 1.807) is 56.3 Å². The molecule has 0 aliphatic carbocycles. The lowest BCUT2D eigenvalue weighted by molar-refractivity contribution is -0.142. The molecule has 0 bridgehead atoms. The largest absolute Gasteiger partial charge is 0.508 e. The normalized spacial score (nSPS) is 14.8. The van der Waals surface area contributed by atoms with Crippen LogP contribution in [0.2, 0.25) is 0 Å². The minimum absolute atomic E-state index is 0.0351. The van der Waals surface area contributed by atoms with Crippen LogP contribution in [0.1, 0.15) is 52.2 Å². The predicted octanol–water partition coefficient (Wildman–Crippen LogP) is -2.30. The Hall–Kier alpha value is -6.08. The van der Waals surface area contributed by atoms with Crippen LogP contribution >= 0.6 is 0 Å². The second-order valence-corrected chi connectivity index (χ2v) is 14.3. The number of hydrogen-bond acceptors (Lipinski definition) is 11. The number of carboxylic acids is 1. The summed E-state index contributed by atoms with van der Waals surface area (Å²) in [6, 6.07) is 7.64. The van der Waals surface area contributed by atoms with E-state index in [0.29, 0.717) is 11.1 Å². The number of carbonyl (C=O) groups is 8. The fourth-order valence-corrected chi connectivity index (χ4v) is 5.55. The number of nitrogens with one attached hydrogen (secondary N) is 6. The van der Waals surface area contributed by atoms with Crippen LogP contribution in [0.15, 0.2) is 54.6 Å². The summed E-state index contributed by atoms with van der Waals surface area (Å²) < 4.78 is 0. The van der Waals surface area contributed by atoms with Crippen LogP contribution in [-0.4, -0.2) is 112 Å². The third kappa shape index (κ3) is 14.5. The van der Waals surface area contributed by atoms with Crippen LogP contribution in [0, 0.1) is 11.8 Å². The van der Waals surface area contributed by atoms with Crippen molar-refractivity contribution in [2.75, 3.05) is 13.2 Å². The molecule has 0 heterocycles. The fraction of sp³-hybridized carbons (Fsp3) is 0.474. The number of primary amides is 1. The molecule has 0 saturated carbocycles. The van der Waals surface area contributed by atoms with Crippen molar-refractivity contribution in [3.8, 4) is 5.75 Å². The van der Waals surface area contributed by atoms with Crippen molar-refractivity contribution in [3.05, 3.63) is 65.7 Å². The van der Waals surface area contributed by atoms with Crippen molar-refractivity contribution in [1.29, 1.82) is 0 Å². The number of carbonyl (C=O) groups excluding carboxylic acids is 7. The molecule has 0 fully saturated rings. The van der Waals surface area contributed by atoms with E-state index in [1.807, 2.05) is 0 Å². The van der Waals surface area contributed by atoms with Gasteiger partial charge >= 0.3 is 5.97 Å². The molecule has 2 aromatic carbocycles. The van der Waals surface area contributed by atoms with Gasteiger partial charge in [-0.15, -0.1) is 0 Å². The van der Waals surface area contributed by atoms with Crippen LogP contribution in [-0.2, 0) is 51.2 Å². The van der Waals surface area contributed by atoms with Gasteiger partial charge in [-0.1, -0.05) is 70.2 Å². The average Bonchev–Trinajstić information content (AvgIpc) is 3.14. The number of hydrogen-bond donors (Lipinski definition) is 11. The average molecular weight is 799 g/mol. The zero-order chi connectivity index (χ0) is 43.0. The topological polar surface area (TPSA) is 321 Å². The number of amides is 7. The Bertz CT molecular complexity index is 1740. The maximum Gasteiger partial charge on any atom is 0.305 e. The first-order chi connectivity index (χ1) is 26.7. The lowest BCUT2D eigenvalue weighted by Crippen LogP contribution is -2.68. The number of carboxylic acid groups (broad SMARTS) is 1. The first kappa shape index (κ1) is 47.1. The molecule has 6 atom stereocenters. The lowest BCUT2D eigenvalue weighted by atomic mass is 9.85. The number of aromatic hydroxyl groups is 1. The van der Waals surface area contributed by atoms with Gasteiger partial charge in [0.05, 0.1) is 25.6 Å².